The number of aliphatic imine (C=N–C) groups is 1. The lowest BCUT2D eigenvalue weighted by Gasteiger charge is -2.21. The average molecular weight is 351 g/mol. The molecule has 0 aliphatic carbocycles. The second kappa shape index (κ2) is 7.17. The number of anilines is 1. The number of aryl methyl sites for hydroxylation is 1. The molecule has 7 heteroatoms. The highest BCUT2D eigenvalue weighted by Gasteiger charge is 2.20. The first-order chi connectivity index (χ1) is 11.1. The fourth-order valence-corrected chi connectivity index (χ4v) is 2.70. The maximum Gasteiger partial charge on any atom is 0.223 e. The van der Waals surface area contributed by atoms with E-state index in [1.165, 1.54) is 0 Å². The van der Waals surface area contributed by atoms with Gasteiger partial charge in [0.15, 0.2) is 0 Å². The molecule has 1 aromatic carbocycles. The summed E-state index contributed by atoms with van der Waals surface area (Å²) >= 11 is 12.3. The van der Waals surface area contributed by atoms with Crippen LogP contribution >= 0.6 is 23.2 Å². The number of hydrogen-bond acceptors (Lipinski definition) is 5. The van der Waals surface area contributed by atoms with Gasteiger partial charge in [-0.15, -0.1) is 0 Å². The zero-order valence-electron chi connectivity index (χ0n) is 12.6. The minimum atomic E-state index is 0.374. The Morgan fingerprint density at radius 1 is 1.26 bits per heavy atom. The van der Waals surface area contributed by atoms with Gasteiger partial charge >= 0.3 is 0 Å². The molecule has 2 heterocycles. The van der Waals surface area contributed by atoms with Gasteiger partial charge in [0.2, 0.25) is 5.96 Å². The number of pyridine rings is 1. The Morgan fingerprint density at radius 2 is 2.04 bits per heavy atom. The Labute approximate surface area is 144 Å². The van der Waals surface area contributed by atoms with E-state index in [1.807, 2.05) is 19.1 Å². The normalized spacial score (nSPS) is 14.0. The van der Waals surface area contributed by atoms with Crippen molar-refractivity contribution in [1.82, 2.24) is 10.0 Å². The van der Waals surface area contributed by atoms with Crippen molar-refractivity contribution in [2.45, 2.75) is 13.5 Å². The Balaban J connectivity index is 1.66. The minimum absolute atomic E-state index is 0.374. The quantitative estimate of drug-likeness (QED) is 0.907. The largest absolute Gasteiger partial charge is 0.322 e. The summed E-state index contributed by atoms with van der Waals surface area (Å²) in [6, 6.07) is 9.28. The van der Waals surface area contributed by atoms with Crippen LogP contribution in [0.1, 0.15) is 11.3 Å². The lowest BCUT2D eigenvalue weighted by molar-refractivity contribution is -0.104. The van der Waals surface area contributed by atoms with Crippen molar-refractivity contribution >= 4 is 34.8 Å². The molecular formula is C16H16Cl2N4O. The van der Waals surface area contributed by atoms with Crippen molar-refractivity contribution < 1.29 is 4.84 Å². The van der Waals surface area contributed by atoms with E-state index in [0.29, 0.717) is 41.4 Å². The van der Waals surface area contributed by atoms with Gasteiger partial charge in [0.1, 0.15) is 6.61 Å². The van der Waals surface area contributed by atoms with E-state index in [4.69, 9.17) is 28.0 Å². The predicted molar refractivity (Wildman–Crippen MR) is 92.9 cm³/mol. The Hall–Kier alpha value is -1.82. The number of halogens is 2. The number of nitrogens with one attached hydrogen (secondary N) is 1. The first kappa shape index (κ1) is 16.1. The van der Waals surface area contributed by atoms with Crippen LogP contribution in [0.4, 0.5) is 5.69 Å². The third kappa shape index (κ3) is 3.93. The SMILES string of the molecule is Cc1ccnc(CON2CCN=C2Nc2c(Cl)cccc2Cl)c1. The standard InChI is InChI=1S/C16H16Cl2N4O/c1-11-5-6-19-12(9-11)10-23-22-8-7-20-16(22)21-15-13(17)3-2-4-14(15)18/h2-6,9H,7-8,10H2,1H3,(H,20,21). The molecule has 0 spiro atoms. The number of hydroxylamine groups is 2. The number of para-hydroxylation sites is 1. The van der Waals surface area contributed by atoms with Crippen LogP contribution < -0.4 is 5.32 Å². The van der Waals surface area contributed by atoms with Crippen molar-refractivity contribution in [3.63, 3.8) is 0 Å². The van der Waals surface area contributed by atoms with Gasteiger partial charge < -0.3 is 5.32 Å². The van der Waals surface area contributed by atoms with Crippen LogP contribution in [-0.2, 0) is 11.4 Å². The summed E-state index contributed by atoms with van der Waals surface area (Å²) in [6.45, 7) is 3.70. The molecule has 1 aromatic heterocycles. The summed E-state index contributed by atoms with van der Waals surface area (Å²) in [6.07, 6.45) is 1.77. The zero-order chi connectivity index (χ0) is 16.2. The van der Waals surface area contributed by atoms with E-state index in [0.717, 1.165) is 11.3 Å². The van der Waals surface area contributed by atoms with Crippen molar-refractivity contribution in [2.24, 2.45) is 4.99 Å². The predicted octanol–water partition coefficient (Wildman–Crippen LogP) is 3.91. The molecule has 0 fully saturated rings. The minimum Gasteiger partial charge on any atom is -0.322 e. The van der Waals surface area contributed by atoms with Crippen LogP contribution in [0.3, 0.4) is 0 Å². The van der Waals surface area contributed by atoms with Crippen LogP contribution in [-0.4, -0.2) is 29.1 Å². The maximum atomic E-state index is 6.17. The van der Waals surface area contributed by atoms with Gasteiger partial charge in [-0.3, -0.25) is 9.82 Å². The first-order valence-corrected chi connectivity index (χ1v) is 7.96. The first-order valence-electron chi connectivity index (χ1n) is 7.21. The number of hydrogen-bond donors (Lipinski definition) is 1. The smallest absolute Gasteiger partial charge is 0.223 e. The van der Waals surface area contributed by atoms with Crippen LogP contribution in [0.2, 0.25) is 10.0 Å². The van der Waals surface area contributed by atoms with Crippen molar-refractivity contribution in [3.05, 3.63) is 57.8 Å². The van der Waals surface area contributed by atoms with E-state index in [1.54, 1.807) is 29.5 Å². The fourth-order valence-electron chi connectivity index (χ4n) is 2.21. The molecule has 0 amide bonds. The van der Waals surface area contributed by atoms with Crippen LogP contribution in [0.15, 0.2) is 41.5 Å². The Bertz CT molecular complexity index is 716. The Morgan fingerprint density at radius 3 is 2.78 bits per heavy atom. The van der Waals surface area contributed by atoms with Crippen LogP contribution in [0.25, 0.3) is 0 Å². The molecule has 1 aliphatic heterocycles. The summed E-state index contributed by atoms with van der Waals surface area (Å²) < 4.78 is 0. The highest BCUT2D eigenvalue weighted by molar-refractivity contribution is 6.39. The van der Waals surface area contributed by atoms with Gasteiger partial charge in [-0.2, -0.15) is 0 Å². The zero-order valence-corrected chi connectivity index (χ0v) is 14.1. The number of benzene rings is 1. The average Bonchev–Trinajstić information content (AvgIpc) is 2.96. The van der Waals surface area contributed by atoms with Gasteiger partial charge in [-0.05, 0) is 36.8 Å². The van der Waals surface area contributed by atoms with Gasteiger partial charge in [0.25, 0.3) is 0 Å². The van der Waals surface area contributed by atoms with Crippen molar-refractivity contribution in [3.8, 4) is 0 Å². The van der Waals surface area contributed by atoms with E-state index in [9.17, 15) is 0 Å². The highest BCUT2D eigenvalue weighted by atomic mass is 35.5. The summed E-state index contributed by atoms with van der Waals surface area (Å²) in [4.78, 5) is 14.5. The second-order valence-corrected chi connectivity index (χ2v) is 5.94. The summed E-state index contributed by atoms with van der Waals surface area (Å²) in [5.74, 6) is 0.590. The Kier molecular flexibility index (Phi) is 5.00. The summed E-state index contributed by atoms with van der Waals surface area (Å²) in [5, 5.41) is 5.91. The van der Waals surface area contributed by atoms with Crippen LogP contribution in [0.5, 0.6) is 0 Å². The molecule has 0 saturated carbocycles. The molecule has 0 radical (unpaired) electrons. The lowest BCUT2D eigenvalue weighted by Crippen LogP contribution is -2.33. The molecule has 1 aliphatic rings. The third-order valence-electron chi connectivity index (χ3n) is 3.34. The molecule has 1 N–H and O–H groups in total. The molecule has 3 rings (SSSR count). The van der Waals surface area contributed by atoms with E-state index in [2.05, 4.69) is 15.3 Å². The number of guanidine groups is 1. The lowest BCUT2D eigenvalue weighted by atomic mass is 10.2. The van der Waals surface area contributed by atoms with Gasteiger partial charge in [-0.25, -0.2) is 10.1 Å². The molecule has 0 saturated heterocycles. The molecular weight excluding hydrogens is 335 g/mol. The second-order valence-electron chi connectivity index (χ2n) is 5.13. The third-order valence-corrected chi connectivity index (χ3v) is 3.97. The number of rotatable bonds is 4. The molecule has 120 valence electrons. The monoisotopic (exact) mass is 350 g/mol. The molecule has 0 unspecified atom stereocenters. The summed E-state index contributed by atoms with van der Waals surface area (Å²) in [7, 11) is 0. The summed E-state index contributed by atoms with van der Waals surface area (Å²) in [5.41, 5.74) is 2.64. The van der Waals surface area contributed by atoms with Gasteiger partial charge in [0.05, 0.1) is 34.5 Å². The van der Waals surface area contributed by atoms with Gasteiger partial charge in [-0.1, -0.05) is 29.3 Å². The highest BCUT2D eigenvalue weighted by Crippen LogP contribution is 2.30. The molecule has 5 nitrogen and oxygen atoms in total. The van der Waals surface area contributed by atoms with Crippen molar-refractivity contribution in [1.29, 1.82) is 0 Å². The maximum absolute atomic E-state index is 6.17. The van der Waals surface area contributed by atoms with Gasteiger partial charge in [0, 0.05) is 6.20 Å². The number of nitrogens with zero attached hydrogens (tertiary/aromatic N) is 3. The molecule has 2 aromatic rings. The van der Waals surface area contributed by atoms with Crippen LogP contribution in [0, 0.1) is 6.92 Å². The topological polar surface area (TPSA) is 49.8 Å². The van der Waals surface area contributed by atoms with E-state index < -0.39 is 0 Å². The molecule has 0 bridgehead atoms. The van der Waals surface area contributed by atoms with E-state index >= 15 is 0 Å². The fraction of sp³-hybridized carbons (Fsp3) is 0.250. The van der Waals surface area contributed by atoms with Crippen molar-refractivity contribution in [2.75, 3.05) is 18.4 Å². The number of aromatic nitrogens is 1. The molecule has 0 atom stereocenters. The van der Waals surface area contributed by atoms with E-state index in [-0.39, 0.29) is 0 Å². The molecule has 23 heavy (non-hydrogen) atoms.